The van der Waals surface area contributed by atoms with Crippen LogP contribution >= 0.6 is 24.2 Å². The van der Waals surface area contributed by atoms with E-state index >= 15 is 0 Å². The van der Waals surface area contributed by atoms with Crippen LogP contribution in [0, 0.1) is 0 Å². The molecule has 0 saturated heterocycles. The maximum atomic E-state index is 10.8. The van der Waals surface area contributed by atoms with E-state index in [-0.39, 0.29) is 17.5 Å². The monoisotopic (exact) mass is 261 g/mol. The van der Waals surface area contributed by atoms with Crippen LogP contribution in [0.1, 0.15) is 12.5 Å². The fourth-order valence-corrected chi connectivity index (χ4v) is 1.64. The van der Waals surface area contributed by atoms with E-state index in [0.717, 1.165) is 11.3 Å². The fraction of sp³-hybridized carbons (Fsp3) is 0.364. The first-order valence-electron chi connectivity index (χ1n) is 4.77. The van der Waals surface area contributed by atoms with Gasteiger partial charge in [-0.25, -0.2) is 0 Å². The number of ether oxygens (including phenoxy) is 1. The van der Waals surface area contributed by atoms with Crippen molar-refractivity contribution >= 4 is 29.3 Å². The summed E-state index contributed by atoms with van der Waals surface area (Å²) in [6.45, 7) is 2.59. The van der Waals surface area contributed by atoms with E-state index in [1.807, 2.05) is 24.3 Å². The largest absolute Gasteiger partial charge is 0.492 e. The van der Waals surface area contributed by atoms with Crippen LogP contribution in [0.15, 0.2) is 24.3 Å². The van der Waals surface area contributed by atoms with Gasteiger partial charge in [0.25, 0.3) is 0 Å². The molecule has 0 spiro atoms. The van der Waals surface area contributed by atoms with Crippen molar-refractivity contribution in [2.45, 2.75) is 12.7 Å². The summed E-state index contributed by atoms with van der Waals surface area (Å²) < 4.78 is 5.38. The van der Waals surface area contributed by atoms with Crippen LogP contribution < -0.4 is 10.5 Å². The van der Waals surface area contributed by atoms with Crippen molar-refractivity contribution in [3.05, 3.63) is 29.8 Å². The summed E-state index contributed by atoms with van der Waals surface area (Å²) in [6, 6.07) is 7.72. The van der Waals surface area contributed by atoms with Crippen molar-refractivity contribution in [2.75, 3.05) is 13.2 Å². The number of nitrogens with two attached hydrogens (primary N) is 1. The van der Waals surface area contributed by atoms with Crippen molar-refractivity contribution < 1.29 is 9.53 Å². The van der Waals surface area contributed by atoms with Crippen molar-refractivity contribution in [1.82, 2.24) is 0 Å². The number of halogens is 1. The second kappa shape index (κ2) is 8.44. The zero-order valence-corrected chi connectivity index (χ0v) is 10.8. The molecular weight excluding hydrogens is 246 g/mol. The molecule has 0 heterocycles. The minimum absolute atomic E-state index is 0. The first-order chi connectivity index (χ1) is 7.22. The molecule has 90 valence electrons. The molecule has 0 aliphatic carbocycles. The number of hydrogen-bond acceptors (Lipinski definition) is 4. The summed E-state index contributed by atoms with van der Waals surface area (Å²) in [5.41, 5.74) is 6.43. The zero-order valence-electron chi connectivity index (χ0n) is 9.14. The van der Waals surface area contributed by atoms with Gasteiger partial charge in [-0.2, -0.15) is 0 Å². The van der Waals surface area contributed by atoms with E-state index in [0.29, 0.717) is 18.9 Å². The molecule has 0 saturated carbocycles. The molecule has 0 aliphatic rings. The number of carbonyl (C=O) groups is 1. The summed E-state index contributed by atoms with van der Waals surface area (Å²) in [6.07, 6.45) is 0. The molecule has 0 amide bonds. The minimum Gasteiger partial charge on any atom is -0.492 e. The summed E-state index contributed by atoms with van der Waals surface area (Å²) >= 11 is 1.30. The predicted molar refractivity (Wildman–Crippen MR) is 70.2 cm³/mol. The average molecular weight is 262 g/mol. The molecular formula is C11H16ClNO2S. The Morgan fingerprint density at radius 3 is 2.88 bits per heavy atom. The highest BCUT2D eigenvalue weighted by Crippen LogP contribution is 2.18. The highest BCUT2D eigenvalue weighted by atomic mass is 35.5. The SMILES string of the molecule is CC(=O)SCc1cccc(OCCN)c1.Cl. The van der Waals surface area contributed by atoms with E-state index in [2.05, 4.69) is 0 Å². The van der Waals surface area contributed by atoms with Gasteiger partial charge in [0.2, 0.25) is 0 Å². The maximum absolute atomic E-state index is 10.8. The molecule has 5 heteroatoms. The predicted octanol–water partition coefficient (Wildman–Crippen LogP) is 2.23. The van der Waals surface area contributed by atoms with Gasteiger partial charge in [0, 0.05) is 19.2 Å². The van der Waals surface area contributed by atoms with Crippen LogP contribution in [0.3, 0.4) is 0 Å². The highest BCUT2D eigenvalue weighted by molar-refractivity contribution is 8.12. The van der Waals surface area contributed by atoms with Crippen molar-refractivity contribution in [2.24, 2.45) is 5.73 Å². The molecule has 0 unspecified atom stereocenters. The van der Waals surface area contributed by atoms with Crippen molar-refractivity contribution in [1.29, 1.82) is 0 Å². The molecule has 0 aliphatic heterocycles. The van der Waals surface area contributed by atoms with E-state index in [4.69, 9.17) is 10.5 Å². The van der Waals surface area contributed by atoms with Crippen LogP contribution in [0.4, 0.5) is 0 Å². The summed E-state index contributed by atoms with van der Waals surface area (Å²) in [7, 11) is 0. The van der Waals surface area contributed by atoms with Gasteiger partial charge < -0.3 is 10.5 Å². The van der Waals surface area contributed by atoms with E-state index in [9.17, 15) is 4.79 Å². The number of benzene rings is 1. The van der Waals surface area contributed by atoms with Crippen LogP contribution in [-0.4, -0.2) is 18.3 Å². The molecule has 0 fully saturated rings. The lowest BCUT2D eigenvalue weighted by atomic mass is 10.2. The maximum Gasteiger partial charge on any atom is 0.186 e. The molecule has 0 radical (unpaired) electrons. The number of carbonyl (C=O) groups excluding carboxylic acids is 1. The van der Waals surface area contributed by atoms with E-state index < -0.39 is 0 Å². The Bertz CT molecular complexity index is 334. The lowest BCUT2D eigenvalue weighted by Crippen LogP contribution is -2.10. The lowest BCUT2D eigenvalue weighted by molar-refractivity contribution is -0.109. The Balaban J connectivity index is 0.00000225. The molecule has 0 atom stereocenters. The second-order valence-corrected chi connectivity index (χ2v) is 4.22. The highest BCUT2D eigenvalue weighted by Gasteiger charge is 1.99. The number of rotatable bonds is 5. The third-order valence-corrected chi connectivity index (χ3v) is 2.61. The van der Waals surface area contributed by atoms with Crippen LogP contribution in [0.5, 0.6) is 5.75 Å². The summed E-state index contributed by atoms with van der Waals surface area (Å²) in [4.78, 5) is 10.8. The van der Waals surface area contributed by atoms with Gasteiger partial charge in [-0.1, -0.05) is 23.9 Å². The van der Waals surface area contributed by atoms with Crippen molar-refractivity contribution in [3.63, 3.8) is 0 Å². The molecule has 1 aromatic rings. The normalized spacial score (nSPS) is 9.38. The Kier molecular flexibility index (Phi) is 8.07. The van der Waals surface area contributed by atoms with Crippen LogP contribution in [0.2, 0.25) is 0 Å². The standard InChI is InChI=1S/C11H15NO2S.ClH/c1-9(13)15-8-10-3-2-4-11(7-10)14-6-5-12;/h2-4,7H,5-6,8,12H2,1H3;1H. The van der Waals surface area contributed by atoms with Gasteiger partial charge in [-0.3, -0.25) is 4.79 Å². The van der Waals surface area contributed by atoms with Gasteiger partial charge in [0.05, 0.1) is 0 Å². The Morgan fingerprint density at radius 2 is 2.25 bits per heavy atom. The topological polar surface area (TPSA) is 52.3 Å². The van der Waals surface area contributed by atoms with Crippen LogP contribution in [-0.2, 0) is 10.5 Å². The first kappa shape index (κ1) is 15.3. The lowest BCUT2D eigenvalue weighted by Gasteiger charge is -2.06. The van der Waals surface area contributed by atoms with Gasteiger partial charge >= 0.3 is 0 Å². The minimum atomic E-state index is 0. The Hall–Kier alpha value is -0.710. The zero-order chi connectivity index (χ0) is 11.1. The smallest absolute Gasteiger partial charge is 0.186 e. The molecule has 1 rings (SSSR count). The third-order valence-electron chi connectivity index (χ3n) is 1.73. The molecule has 0 bridgehead atoms. The fourth-order valence-electron chi connectivity index (χ4n) is 1.09. The second-order valence-electron chi connectivity index (χ2n) is 3.06. The van der Waals surface area contributed by atoms with Gasteiger partial charge in [0.1, 0.15) is 12.4 Å². The summed E-state index contributed by atoms with van der Waals surface area (Å²) in [5.74, 6) is 1.50. The van der Waals surface area contributed by atoms with Gasteiger partial charge in [-0.05, 0) is 17.7 Å². The Labute approximate surface area is 106 Å². The number of thioether (sulfide) groups is 1. The van der Waals surface area contributed by atoms with E-state index in [1.165, 1.54) is 11.8 Å². The summed E-state index contributed by atoms with van der Waals surface area (Å²) in [5, 5.41) is 0.128. The third kappa shape index (κ3) is 6.00. The average Bonchev–Trinajstić information content (AvgIpc) is 2.24. The number of hydrogen-bond donors (Lipinski definition) is 1. The van der Waals surface area contributed by atoms with Gasteiger partial charge in [-0.15, -0.1) is 12.4 Å². The molecule has 2 N–H and O–H groups in total. The molecule has 3 nitrogen and oxygen atoms in total. The quantitative estimate of drug-likeness (QED) is 0.883. The Morgan fingerprint density at radius 1 is 1.50 bits per heavy atom. The van der Waals surface area contributed by atoms with E-state index in [1.54, 1.807) is 6.92 Å². The molecule has 16 heavy (non-hydrogen) atoms. The van der Waals surface area contributed by atoms with Gasteiger partial charge in [0.15, 0.2) is 5.12 Å². The molecule has 1 aromatic carbocycles. The molecule has 0 aromatic heterocycles. The van der Waals surface area contributed by atoms with Crippen molar-refractivity contribution in [3.8, 4) is 5.75 Å². The van der Waals surface area contributed by atoms with Crippen LogP contribution in [0.25, 0.3) is 0 Å². The first-order valence-corrected chi connectivity index (χ1v) is 5.76.